The number of amides is 1. The first kappa shape index (κ1) is 31.6. The van der Waals surface area contributed by atoms with Gasteiger partial charge in [-0.3, -0.25) is 14.6 Å². The van der Waals surface area contributed by atoms with Gasteiger partial charge in [-0.2, -0.15) is 0 Å². The van der Waals surface area contributed by atoms with Crippen molar-refractivity contribution in [2.75, 3.05) is 51.2 Å². The average molecular weight is 590 g/mol. The molecule has 2 saturated heterocycles. The van der Waals surface area contributed by atoms with Crippen LogP contribution in [0, 0.1) is 13.8 Å². The first-order valence-electron chi connectivity index (χ1n) is 13.8. The molecule has 0 saturated carbocycles. The van der Waals surface area contributed by atoms with Crippen molar-refractivity contribution in [3.05, 3.63) is 53.6 Å². The predicted molar refractivity (Wildman–Crippen MR) is 150 cm³/mol. The molecule has 1 amide bonds. The Labute approximate surface area is 243 Å². The minimum Gasteiger partial charge on any atom is -0.487 e. The summed E-state index contributed by atoms with van der Waals surface area (Å²) in [4.78, 5) is 28.1. The van der Waals surface area contributed by atoms with Gasteiger partial charge in [0.1, 0.15) is 31.0 Å². The lowest BCUT2D eigenvalue weighted by Gasteiger charge is -2.38. The Morgan fingerprint density at radius 2 is 1.55 bits per heavy atom. The summed E-state index contributed by atoms with van der Waals surface area (Å²) in [5.41, 5.74) is 2.88. The Kier molecular flexibility index (Phi) is 10.7. The lowest BCUT2D eigenvalue weighted by atomic mass is 9.99. The molecule has 2 aliphatic rings. The number of carboxylic acid groups (broad SMARTS) is 1. The molecule has 2 heterocycles. The van der Waals surface area contributed by atoms with Crippen molar-refractivity contribution >= 4 is 17.6 Å². The topological polar surface area (TPSA) is 181 Å². The van der Waals surface area contributed by atoms with Gasteiger partial charge in [0.25, 0.3) is 0 Å². The molecule has 0 radical (unpaired) electrons. The largest absolute Gasteiger partial charge is 0.487 e. The number of aliphatic carboxylic acids is 1. The molecule has 6 atom stereocenters. The van der Waals surface area contributed by atoms with E-state index in [0.29, 0.717) is 32.7 Å². The second kappa shape index (κ2) is 14.2. The molecule has 2 aromatic carbocycles. The summed E-state index contributed by atoms with van der Waals surface area (Å²) in [6.45, 7) is 7.17. The van der Waals surface area contributed by atoms with Crippen LogP contribution < -0.4 is 14.8 Å². The summed E-state index contributed by atoms with van der Waals surface area (Å²) in [5, 5.41) is 53.1. The van der Waals surface area contributed by atoms with Crippen LogP contribution in [0.2, 0.25) is 0 Å². The number of nitrogens with zero attached hydrogens (tertiary/aromatic N) is 2. The molecule has 6 N–H and O–H groups in total. The molecule has 230 valence electrons. The van der Waals surface area contributed by atoms with Gasteiger partial charge in [-0.15, -0.1) is 0 Å². The van der Waals surface area contributed by atoms with Crippen LogP contribution in [0.1, 0.15) is 11.1 Å². The summed E-state index contributed by atoms with van der Waals surface area (Å²) in [5.74, 6) is -1.28. The van der Waals surface area contributed by atoms with Crippen molar-refractivity contribution in [1.82, 2.24) is 9.80 Å². The van der Waals surface area contributed by atoms with E-state index in [0.717, 1.165) is 16.8 Å². The van der Waals surface area contributed by atoms with Crippen molar-refractivity contribution in [2.45, 2.75) is 50.7 Å². The summed E-state index contributed by atoms with van der Waals surface area (Å²) >= 11 is 0. The third-order valence-corrected chi connectivity index (χ3v) is 7.38. The van der Waals surface area contributed by atoms with Crippen molar-refractivity contribution in [1.29, 1.82) is 0 Å². The van der Waals surface area contributed by atoms with Crippen LogP contribution in [0.3, 0.4) is 0 Å². The molecular weight excluding hydrogens is 550 g/mol. The van der Waals surface area contributed by atoms with Gasteiger partial charge in [0.05, 0.1) is 6.54 Å². The molecule has 2 aliphatic heterocycles. The smallest absolute Gasteiger partial charge is 0.335 e. The normalized spacial score (nSPS) is 25.9. The Bertz CT molecular complexity index is 1200. The number of carbonyl (C=O) groups is 2. The first-order valence-corrected chi connectivity index (χ1v) is 13.8. The number of carboxylic acids is 1. The molecule has 0 bridgehead atoms. The number of nitrogens with one attached hydrogen (secondary N) is 1. The van der Waals surface area contributed by atoms with Crippen LogP contribution in [0.15, 0.2) is 42.5 Å². The zero-order valence-corrected chi connectivity index (χ0v) is 23.6. The third kappa shape index (κ3) is 7.95. The van der Waals surface area contributed by atoms with Gasteiger partial charge >= 0.3 is 5.97 Å². The van der Waals surface area contributed by atoms with Crippen molar-refractivity contribution < 1.29 is 49.3 Å². The number of aliphatic hydroxyl groups excluding tert-OH is 4. The number of ether oxygens (including phenoxy) is 3. The van der Waals surface area contributed by atoms with E-state index >= 15 is 0 Å². The zero-order chi connectivity index (χ0) is 30.4. The molecule has 0 spiro atoms. The average Bonchev–Trinajstić information content (AvgIpc) is 2.95. The second-order valence-corrected chi connectivity index (χ2v) is 10.7. The fourth-order valence-electron chi connectivity index (χ4n) is 5.00. The van der Waals surface area contributed by atoms with Gasteiger partial charge < -0.3 is 45.1 Å². The number of para-hydroxylation sites is 3. The molecule has 13 heteroatoms. The van der Waals surface area contributed by atoms with Crippen molar-refractivity contribution in [2.24, 2.45) is 0 Å². The maximum atomic E-state index is 12.6. The molecule has 4 rings (SSSR count). The molecule has 0 aliphatic carbocycles. The fraction of sp³-hybridized carbons (Fsp3) is 0.517. The highest BCUT2D eigenvalue weighted by Crippen LogP contribution is 2.31. The maximum absolute atomic E-state index is 12.6. The zero-order valence-electron chi connectivity index (χ0n) is 23.6. The molecular formula is C29H39N3O10. The Morgan fingerprint density at radius 1 is 0.929 bits per heavy atom. The number of β-amino-alcohol motifs (C(OH)–C–C–N with tert-alkyl or cyclic N) is 1. The highest BCUT2D eigenvalue weighted by atomic mass is 16.7. The van der Waals surface area contributed by atoms with Crippen LogP contribution in [-0.4, -0.2) is 130 Å². The Hall–Kier alpha value is -3.30. The number of benzene rings is 2. The van der Waals surface area contributed by atoms with E-state index in [1.807, 2.05) is 32.0 Å². The molecule has 13 nitrogen and oxygen atoms in total. The van der Waals surface area contributed by atoms with Crippen molar-refractivity contribution in [3.8, 4) is 11.5 Å². The van der Waals surface area contributed by atoms with Crippen molar-refractivity contribution in [3.63, 3.8) is 0 Å². The number of piperazine rings is 1. The number of hydrogen-bond acceptors (Lipinski definition) is 11. The summed E-state index contributed by atoms with van der Waals surface area (Å²) in [7, 11) is 0. The predicted octanol–water partition coefficient (Wildman–Crippen LogP) is -0.430. The fourth-order valence-corrected chi connectivity index (χ4v) is 5.00. The highest BCUT2D eigenvalue weighted by molar-refractivity contribution is 5.93. The summed E-state index contributed by atoms with van der Waals surface area (Å²) in [6.07, 6.45) is -9.58. The number of anilines is 1. The van der Waals surface area contributed by atoms with E-state index in [2.05, 4.69) is 15.1 Å². The van der Waals surface area contributed by atoms with Crippen LogP contribution in [0.4, 0.5) is 5.69 Å². The minimum absolute atomic E-state index is 0.0644. The van der Waals surface area contributed by atoms with Crippen LogP contribution in [-0.2, 0) is 14.3 Å². The van der Waals surface area contributed by atoms with Gasteiger partial charge in [-0.25, -0.2) is 4.79 Å². The molecule has 42 heavy (non-hydrogen) atoms. The van der Waals surface area contributed by atoms with E-state index in [4.69, 9.17) is 14.2 Å². The second-order valence-electron chi connectivity index (χ2n) is 10.7. The number of aryl methyl sites for hydroxylation is 2. The van der Waals surface area contributed by atoms with Gasteiger partial charge in [-0.05, 0) is 37.1 Å². The molecule has 0 aromatic heterocycles. The summed E-state index contributed by atoms with van der Waals surface area (Å²) < 4.78 is 16.5. The monoisotopic (exact) mass is 589 g/mol. The standard InChI is InChI=1S/C29H39N3O10/c1-17-6-5-7-18(2)23(17)30-22(34)15-32-12-10-31(11-13-32)14-19(33)16-40-20-8-3-4-9-21(20)41-29-26(37)24(35)25(36)27(42-29)28(38)39/h3-9,19,24-27,29,33,35-37H,10-16H2,1-2H3,(H,30,34)(H,38,39)/t19?,24-,25-,26+,27-,29+/m1/s1. The Balaban J connectivity index is 1.23. The summed E-state index contributed by atoms with van der Waals surface area (Å²) in [6, 6.07) is 12.2. The van der Waals surface area contributed by atoms with Gasteiger partial charge in [0, 0.05) is 38.4 Å². The number of rotatable bonds is 11. The van der Waals surface area contributed by atoms with Gasteiger partial charge in [0.2, 0.25) is 12.2 Å². The van der Waals surface area contributed by atoms with Crippen LogP contribution in [0.25, 0.3) is 0 Å². The number of aliphatic hydroxyl groups is 4. The third-order valence-electron chi connectivity index (χ3n) is 7.38. The van der Waals surface area contributed by atoms with E-state index in [9.17, 15) is 35.1 Å². The minimum atomic E-state index is -1.83. The van der Waals surface area contributed by atoms with E-state index in [1.54, 1.807) is 18.2 Å². The van der Waals surface area contributed by atoms with Crippen LogP contribution >= 0.6 is 0 Å². The Morgan fingerprint density at radius 3 is 2.19 bits per heavy atom. The van der Waals surface area contributed by atoms with Gasteiger partial charge in [0.15, 0.2) is 17.6 Å². The SMILES string of the molecule is Cc1cccc(C)c1NC(=O)CN1CCN(CC(O)COc2ccccc2O[C@H]2O[C@@H](C(=O)O)[C@H](O)[C@@H](O)[C@@H]2O)CC1. The van der Waals surface area contributed by atoms with Gasteiger partial charge in [-0.1, -0.05) is 30.3 Å². The van der Waals surface area contributed by atoms with E-state index in [1.165, 1.54) is 6.07 Å². The molecule has 2 aromatic rings. The quantitative estimate of drug-likeness (QED) is 0.199. The highest BCUT2D eigenvalue weighted by Gasteiger charge is 2.48. The molecule has 1 unspecified atom stereocenters. The number of hydrogen-bond donors (Lipinski definition) is 6. The lowest BCUT2D eigenvalue weighted by molar-refractivity contribution is -0.271. The van der Waals surface area contributed by atoms with E-state index in [-0.39, 0.29) is 30.6 Å². The number of carbonyl (C=O) groups excluding carboxylic acids is 1. The lowest BCUT2D eigenvalue weighted by Crippen LogP contribution is -2.61. The van der Waals surface area contributed by atoms with E-state index < -0.39 is 42.8 Å². The first-order chi connectivity index (χ1) is 20.0. The van der Waals surface area contributed by atoms with Crippen LogP contribution in [0.5, 0.6) is 11.5 Å². The maximum Gasteiger partial charge on any atom is 0.335 e. The molecule has 2 fully saturated rings.